The van der Waals surface area contributed by atoms with E-state index in [1.54, 1.807) is 23.3 Å². The first-order valence-electron chi connectivity index (χ1n) is 14.8. The summed E-state index contributed by atoms with van der Waals surface area (Å²) in [4.78, 5) is 57.5. The standard InChI is InChI=1S/C32H41N7O5/c1-32(2,33)31(43)36-25(21-44-20-24-12-7-4-8-13-24)29(41)37-27-18-38(22-35-27)19-28(40)39-17-9-14-26(39)30(42)34-16-15-23-10-5-3-6-11-23/h3-8,10-13,18,22,25-26H,9,14-17,19-21,33H2,1-2H3,(H,34,42)(H,36,43)(H,37,41)/t25-,26-/m1/s1. The normalized spacial score (nSPS) is 15.4. The molecule has 0 spiro atoms. The van der Waals surface area contributed by atoms with Gasteiger partial charge < -0.3 is 35.9 Å². The Morgan fingerprint density at radius 3 is 2.41 bits per heavy atom. The lowest BCUT2D eigenvalue weighted by atomic mass is 10.1. The number of rotatable bonds is 14. The number of nitrogens with zero attached hydrogens (tertiary/aromatic N) is 3. The molecule has 12 nitrogen and oxygen atoms in total. The number of imidazole rings is 1. The topological polar surface area (TPSA) is 161 Å². The lowest BCUT2D eigenvalue weighted by molar-refractivity contribution is -0.138. The summed E-state index contributed by atoms with van der Waals surface area (Å²) in [6.45, 7) is 4.19. The Kier molecular flexibility index (Phi) is 11.2. The summed E-state index contributed by atoms with van der Waals surface area (Å²) in [5, 5.41) is 8.28. The van der Waals surface area contributed by atoms with Crippen LogP contribution in [-0.2, 0) is 43.5 Å². The number of likely N-dealkylation sites (tertiary alicyclic amines) is 1. The van der Waals surface area contributed by atoms with Crippen molar-refractivity contribution in [3.8, 4) is 0 Å². The van der Waals surface area contributed by atoms with Crippen LogP contribution < -0.4 is 21.7 Å². The number of carbonyl (C=O) groups is 4. The van der Waals surface area contributed by atoms with E-state index in [0.717, 1.165) is 17.5 Å². The predicted molar refractivity (Wildman–Crippen MR) is 165 cm³/mol. The average molecular weight is 604 g/mol. The lowest BCUT2D eigenvalue weighted by Crippen LogP contribution is -2.56. The van der Waals surface area contributed by atoms with Crippen molar-refractivity contribution in [2.75, 3.05) is 25.0 Å². The molecule has 4 amide bonds. The van der Waals surface area contributed by atoms with Gasteiger partial charge in [-0.2, -0.15) is 0 Å². The summed E-state index contributed by atoms with van der Waals surface area (Å²) in [5.41, 5.74) is 6.77. The molecule has 1 saturated heterocycles. The number of benzene rings is 2. The molecule has 1 fully saturated rings. The van der Waals surface area contributed by atoms with E-state index in [1.807, 2.05) is 60.7 Å². The molecular formula is C32H41N7O5. The zero-order chi connectivity index (χ0) is 31.5. The van der Waals surface area contributed by atoms with Crippen molar-refractivity contribution in [2.24, 2.45) is 5.73 Å². The highest BCUT2D eigenvalue weighted by Crippen LogP contribution is 2.18. The molecule has 12 heteroatoms. The first-order valence-corrected chi connectivity index (χ1v) is 14.8. The van der Waals surface area contributed by atoms with Crippen molar-refractivity contribution in [2.45, 2.75) is 63.9 Å². The Morgan fingerprint density at radius 1 is 1.05 bits per heavy atom. The Balaban J connectivity index is 1.30. The first kappa shape index (κ1) is 32.4. The highest BCUT2D eigenvalue weighted by Gasteiger charge is 2.34. The molecule has 0 radical (unpaired) electrons. The number of hydrogen-bond donors (Lipinski definition) is 4. The maximum Gasteiger partial charge on any atom is 0.250 e. The van der Waals surface area contributed by atoms with Gasteiger partial charge in [-0.05, 0) is 44.2 Å². The number of carbonyl (C=O) groups excluding carboxylic acids is 4. The van der Waals surface area contributed by atoms with Crippen molar-refractivity contribution in [3.63, 3.8) is 0 Å². The zero-order valence-corrected chi connectivity index (χ0v) is 25.2. The fraction of sp³-hybridized carbons (Fsp3) is 0.406. The van der Waals surface area contributed by atoms with Gasteiger partial charge in [0.2, 0.25) is 17.7 Å². The molecule has 2 aromatic carbocycles. The van der Waals surface area contributed by atoms with Crippen LogP contribution in [0.2, 0.25) is 0 Å². The molecule has 1 aromatic heterocycles. The van der Waals surface area contributed by atoms with Crippen LogP contribution in [0.25, 0.3) is 0 Å². The molecule has 0 saturated carbocycles. The number of nitrogens with two attached hydrogens (primary N) is 1. The van der Waals surface area contributed by atoms with E-state index < -0.39 is 29.4 Å². The Hall–Kier alpha value is -4.55. The Bertz CT molecular complexity index is 1410. The second kappa shape index (κ2) is 15.3. The van der Waals surface area contributed by atoms with Crippen LogP contribution in [0.3, 0.4) is 0 Å². The summed E-state index contributed by atoms with van der Waals surface area (Å²) in [5.74, 6) is -1.23. The van der Waals surface area contributed by atoms with E-state index in [1.165, 1.54) is 12.5 Å². The fourth-order valence-electron chi connectivity index (χ4n) is 4.80. The van der Waals surface area contributed by atoms with Crippen molar-refractivity contribution < 1.29 is 23.9 Å². The van der Waals surface area contributed by atoms with Crippen LogP contribution in [0.1, 0.15) is 37.8 Å². The smallest absolute Gasteiger partial charge is 0.250 e. The first-order chi connectivity index (χ1) is 21.1. The van der Waals surface area contributed by atoms with E-state index >= 15 is 0 Å². The van der Waals surface area contributed by atoms with Crippen LogP contribution in [-0.4, -0.2) is 75.4 Å². The number of hydrogen-bond acceptors (Lipinski definition) is 7. The summed E-state index contributed by atoms with van der Waals surface area (Å²) < 4.78 is 7.27. The number of aromatic nitrogens is 2. The van der Waals surface area contributed by atoms with Crippen molar-refractivity contribution in [3.05, 3.63) is 84.3 Å². The number of amides is 4. The van der Waals surface area contributed by atoms with Gasteiger partial charge in [0.25, 0.3) is 5.91 Å². The molecule has 0 unspecified atom stereocenters. The van der Waals surface area contributed by atoms with Gasteiger partial charge in [-0.25, -0.2) is 4.98 Å². The van der Waals surface area contributed by atoms with Crippen LogP contribution in [0, 0.1) is 0 Å². The van der Waals surface area contributed by atoms with Crippen LogP contribution in [0.5, 0.6) is 0 Å². The van der Waals surface area contributed by atoms with Gasteiger partial charge in [0.05, 0.1) is 25.1 Å². The second-order valence-electron chi connectivity index (χ2n) is 11.4. The quantitative estimate of drug-likeness (QED) is 0.218. The fourth-order valence-corrected chi connectivity index (χ4v) is 4.80. The summed E-state index contributed by atoms with van der Waals surface area (Å²) >= 11 is 0. The van der Waals surface area contributed by atoms with E-state index in [-0.39, 0.29) is 37.4 Å². The zero-order valence-electron chi connectivity index (χ0n) is 25.2. The van der Waals surface area contributed by atoms with E-state index in [2.05, 4.69) is 20.9 Å². The van der Waals surface area contributed by atoms with E-state index in [0.29, 0.717) is 25.9 Å². The predicted octanol–water partition coefficient (Wildman–Crippen LogP) is 1.61. The van der Waals surface area contributed by atoms with Crippen LogP contribution in [0.4, 0.5) is 5.82 Å². The van der Waals surface area contributed by atoms with Gasteiger partial charge >= 0.3 is 0 Å². The van der Waals surface area contributed by atoms with Gasteiger partial charge in [0.15, 0.2) is 5.82 Å². The third-order valence-corrected chi connectivity index (χ3v) is 7.24. The molecule has 2 heterocycles. The minimum Gasteiger partial charge on any atom is -0.374 e. The highest BCUT2D eigenvalue weighted by molar-refractivity contribution is 5.98. The van der Waals surface area contributed by atoms with Gasteiger partial charge in [0, 0.05) is 19.3 Å². The average Bonchev–Trinajstić information content (AvgIpc) is 3.67. The molecule has 1 aliphatic rings. The molecule has 1 aliphatic heterocycles. The van der Waals surface area contributed by atoms with E-state index in [4.69, 9.17) is 10.5 Å². The minimum absolute atomic E-state index is 0.0433. The van der Waals surface area contributed by atoms with Gasteiger partial charge in [-0.1, -0.05) is 60.7 Å². The third kappa shape index (κ3) is 9.48. The summed E-state index contributed by atoms with van der Waals surface area (Å²) in [7, 11) is 0. The molecule has 44 heavy (non-hydrogen) atoms. The SMILES string of the molecule is CC(C)(N)C(=O)N[C@H](COCc1ccccc1)C(=O)Nc1cn(CC(=O)N2CCC[C@@H]2C(=O)NCCc2ccccc2)cn1. The monoisotopic (exact) mass is 603 g/mol. The number of ether oxygens (including phenoxy) is 1. The third-order valence-electron chi connectivity index (χ3n) is 7.24. The molecule has 0 aliphatic carbocycles. The molecule has 0 bridgehead atoms. The van der Waals surface area contributed by atoms with Gasteiger partial charge in [0.1, 0.15) is 18.6 Å². The van der Waals surface area contributed by atoms with Crippen molar-refractivity contribution >= 4 is 29.4 Å². The molecule has 2 atom stereocenters. The summed E-state index contributed by atoms with van der Waals surface area (Å²) in [6, 6.07) is 17.8. The molecule has 234 valence electrons. The Morgan fingerprint density at radius 2 is 1.73 bits per heavy atom. The maximum atomic E-state index is 13.1. The summed E-state index contributed by atoms with van der Waals surface area (Å²) in [6.07, 6.45) is 5.02. The van der Waals surface area contributed by atoms with Gasteiger partial charge in [-0.3, -0.25) is 19.2 Å². The van der Waals surface area contributed by atoms with Gasteiger partial charge in [-0.15, -0.1) is 0 Å². The maximum absolute atomic E-state index is 13.1. The second-order valence-corrected chi connectivity index (χ2v) is 11.4. The minimum atomic E-state index is -1.20. The van der Waals surface area contributed by atoms with Crippen molar-refractivity contribution in [1.82, 2.24) is 25.1 Å². The van der Waals surface area contributed by atoms with Crippen LogP contribution >= 0.6 is 0 Å². The largest absolute Gasteiger partial charge is 0.374 e. The molecular weight excluding hydrogens is 562 g/mol. The van der Waals surface area contributed by atoms with Crippen molar-refractivity contribution in [1.29, 1.82) is 0 Å². The van der Waals surface area contributed by atoms with E-state index in [9.17, 15) is 19.2 Å². The number of anilines is 1. The highest BCUT2D eigenvalue weighted by atomic mass is 16.5. The van der Waals surface area contributed by atoms with Crippen LogP contribution in [0.15, 0.2) is 73.2 Å². The molecule has 4 rings (SSSR count). The molecule has 3 aromatic rings. The lowest BCUT2D eigenvalue weighted by Gasteiger charge is -2.24. The number of nitrogens with one attached hydrogen (secondary N) is 3. The molecule has 5 N–H and O–H groups in total. The Labute approximate surface area is 257 Å².